The van der Waals surface area contributed by atoms with Crippen molar-refractivity contribution in [2.45, 2.75) is 13.8 Å². The number of ketones is 2. The van der Waals surface area contributed by atoms with Crippen molar-refractivity contribution < 1.29 is 28.2 Å². The van der Waals surface area contributed by atoms with Gasteiger partial charge in [0.05, 0.1) is 19.9 Å². The molecule has 0 radical (unpaired) electrons. The van der Waals surface area contributed by atoms with E-state index < -0.39 is 0 Å². The zero-order valence-electron chi connectivity index (χ0n) is 18.3. The first-order valence-corrected chi connectivity index (χ1v) is 10.0. The molecule has 2 N–H and O–H groups in total. The van der Waals surface area contributed by atoms with Crippen LogP contribution in [0.1, 0.15) is 34.6 Å². The maximum Gasteiger partial charge on any atom is 0.197 e. The second-order valence-corrected chi connectivity index (χ2v) is 7.57. The number of methoxy groups -OCH3 is 2. The van der Waals surface area contributed by atoms with E-state index in [9.17, 15) is 9.59 Å². The Morgan fingerprint density at radius 1 is 1.00 bits per heavy atom. The van der Waals surface area contributed by atoms with Crippen LogP contribution < -0.4 is 24.9 Å². The molecule has 0 spiro atoms. The smallest absolute Gasteiger partial charge is 0.197 e. The van der Waals surface area contributed by atoms with Gasteiger partial charge in [-0.2, -0.15) is 0 Å². The van der Waals surface area contributed by atoms with E-state index in [1.165, 1.54) is 28.1 Å². The van der Waals surface area contributed by atoms with Gasteiger partial charge < -0.3 is 23.9 Å². The molecule has 0 fully saturated rings. The lowest BCUT2D eigenvalue weighted by Crippen LogP contribution is -2.12. The van der Waals surface area contributed by atoms with Gasteiger partial charge in [0.25, 0.3) is 0 Å². The third-order valence-electron chi connectivity index (χ3n) is 5.51. The number of benzene rings is 3. The number of anilines is 2. The van der Waals surface area contributed by atoms with Gasteiger partial charge >= 0.3 is 0 Å². The summed E-state index contributed by atoms with van der Waals surface area (Å²) >= 11 is 0. The number of fused-ring (bicyclic) bond motifs is 4. The highest BCUT2D eigenvalue weighted by Crippen LogP contribution is 2.50. The Hall–Kier alpha value is -4.40. The van der Waals surface area contributed by atoms with Crippen LogP contribution in [0.5, 0.6) is 23.0 Å². The number of aromatic nitrogens is 1. The van der Waals surface area contributed by atoms with Crippen molar-refractivity contribution in [3.05, 3.63) is 46.8 Å². The van der Waals surface area contributed by atoms with E-state index in [4.69, 9.17) is 24.0 Å². The summed E-state index contributed by atoms with van der Waals surface area (Å²) in [5.74, 6) is 1.44. The highest BCUT2D eigenvalue weighted by molar-refractivity contribution is 6.09. The standard InChI is InChI=1S/C24H19N3O6/c1-10(28)12-7-14-18(8-13(12)11(2)29)32-19-9-15-23(24(31-4)22(19)26-14)33-17-6-5-16(30-3)20(25)21(17)27-15/h5-9,25-26H,1-4H3. The van der Waals surface area contributed by atoms with Crippen LogP contribution in [0.4, 0.5) is 11.4 Å². The summed E-state index contributed by atoms with van der Waals surface area (Å²) in [5, 5.41) is 11.7. The molecule has 0 bridgehead atoms. The summed E-state index contributed by atoms with van der Waals surface area (Å²) in [6.45, 7) is 2.81. The first-order chi connectivity index (χ1) is 15.8. The SMILES string of the molecule is COc1ccc2oc3c(OC)c4c(cc3nc-2c1=N)Oc1cc(C(C)=O)c(C(C)=O)cc1N4. The Kier molecular flexibility index (Phi) is 4.56. The minimum Gasteiger partial charge on any atom is -0.494 e. The van der Waals surface area contributed by atoms with Crippen molar-refractivity contribution >= 4 is 34.0 Å². The summed E-state index contributed by atoms with van der Waals surface area (Å²) in [7, 11) is 2.98. The largest absolute Gasteiger partial charge is 0.494 e. The Morgan fingerprint density at radius 2 is 1.73 bits per heavy atom. The van der Waals surface area contributed by atoms with Crippen molar-refractivity contribution in [3.63, 3.8) is 0 Å². The predicted molar refractivity (Wildman–Crippen MR) is 119 cm³/mol. The molecule has 0 amide bonds. The van der Waals surface area contributed by atoms with Gasteiger partial charge in [0.1, 0.15) is 28.0 Å². The normalized spacial score (nSPS) is 11.9. The lowest BCUT2D eigenvalue weighted by molar-refractivity contribution is 0.0980. The fourth-order valence-electron chi connectivity index (χ4n) is 3.92. The van der Waals surface area contributed by atoms with Gasteiger partial charge in [-0.15, -0.1) is 0 Å². The van der Waals surface area contributed by atoms with Gasteiger partial charge in [-0.25, -0.2) is 4.98 Å². The molecule has 9 nitrogen and oxygen atoms in total. The van der Waals surface area contributed by atoms with Crippen LogP contribution in [-0.4, -0.2) is 30.8 Å². The van der Waals surface area contributed by atoms with Gasteiger partial charge in [-0.1, -0.05) is 0 Å². The highest BCUT2D eigenvalue weighted by atomic mass is 16.5. The Balaban J connectivity index is 1.75. The lowest BCUT2D eigenvalue weighted by atomic mass is 9.99. The molecule has 0 unspecified atom stereocenters. The van der Waals surface area contributed by atoms with Crippen molar-refractivity contribution in [2.75, 3.05) is 19.5 Å². The number of nitrogens with one attached hydrogen (secondary N) is 2. The maximum absolute atomic E-state index is 12.1. The number of carbonyl (C=O) groups is 2. The summed E-state index contributed by atoms with van der Waals surface area (Å²) in [5.41, 5.74) is 2.70. The molecule has 0 saturated heterocycles. The van der Waals surface area contributed by atoms with Crippen LogP contribution in [0.3, 0.4) is 0 Å². The Morgan fingerprint density at radius 3 is 2.39 bits per heavy atom. The Bertz CT molecular complexity index is 1520. The van der Waals surface area contributed by atoms with E-state index in [0.717, 1.165) is 0 Å². The van der Waals surface area contributed by atoms with Crippen molar-refractivity contribution in [2.24, 2.45) is 0 Å². The predicted octanol–water partition coefficient (Wildman–Crippen LogP) is 4.68. The van der Waals surface area contributed by atoms with Crippen LogP contribution in [-0.2, 0) is 0 Å². The third-order valence-corrected chi connectivity index (χ3v) is 5.51. The molecule has 2 heterocycles. The number of ether oxygens (including phenoxy) is 3. The summed E-state index contributed by atoms with van der Waals surface area (Å²) in [6.07, 6.45) is 0. The van der Waals surface area contributed by atoms with Crippen molar-refractivity contribution in [3.8, 4) is 34.5 Å². The summed E-state index contributed by atoms with van der Waals surface area (Å²) < 4.78 is 23.0. The minimum absolute atomic E-state index is 0.101. The summed E-state index contributed by atoms with van der Waals surface area (Å²) in [6, 6.07) is 8.12. The van der Waals surface area contributed by atoms with Gasteiger partial charge in [-0.3, -0.25) is 15.0 Å². The average Bonchev–Trinajstić information content (AvgIpc) is 2.79. The fourth-order valence-corrected chi connectivity index (χ4v) is 3.92. The first kappa shape index (κ1) is 20.5. The molecular formula is C24H19N3O6. The fraction of sp³-hybridized carbons (Fsp3) is 0.167. The molecule has 3 aliphatic rings. The molecule has 9 heteroatoms. The molecule has 33 heavy (non-hydrogen) atoms. The Labute approximate surface area is 187 Å². The number of hydrogen-bond donors (Lipinski definition) is 2. The number of Topliss-reactive ketones (excluding diaryl/α,β-unsaturated/α-hetero) is 2. The van der Waals surface area contributed by atoms with Gasteiger partial charge in [-0.05, 0) is 38.1 Å². The zero-order valence-corrected chi connectivity index (χ0v) is 18.3. The molecule has 0 atom stereocenters. The van der Waals surface area contributed by atoms with E-state index in [1.807, 2.05) is 0 Å². The van der Waals surface area contributed by atoms with Gasteiger partial charge in [0.2, 0.25) is 0 Å². The molecule has 0 saturated carbocycles. The number of nitrogens with zero attached hydrogens (tertiary/aromatic N) is 1. The molecule has 1 aliphatic carbocycles. The first-order valence-electron chi connectivity index (χ1n) is 10.0. The van der Waals surface area contributed by atoms with E-state index >= 15 is 0 Å². The number of hydrogen-bond acceptors (Lipinski definition) is 9. The molecule has 2 aromatic rings. The second kappa shape index (κ2) is 7.33. The van der Waals surface area contributed by atoms with E-state index in [-0.39, 0.29) is 22.5 Å². The third kappa shape index (κ3) is 3.08. The molecule has 166 valence electrons. The van der Waals surface area contributed by atoms with Crippen LogP contribution in [0.25, 0.3) is 22.6 Å². The molecule has 2 aromatic carbocycles. The molecule has 0 aromatic heterocycles. The monoisotopic (exact) mass is 445 g/mol. The second-order valence-electron chi connectivity index (χ2n) is 7.57. The van der Waals surface area contributed by atoms with E-state index in [1.54, 1.807) is 30.3 Å². The van der Waals surface area contributed by atoms with Crippen LogP contribution in [0.15, 0.2) is 34.7 Å². The van der Waals surface area contributed by atoms with Crippen LogP contribution in [0, 0.1) is 5.41 Å². The van der Waals surface area contributed by atoms with E-state index in [2.05, 4.69) is 10.3 Å². The topological polar surface area (TPSA) is 124 Å². The minimum atomic E-state index is -0.239. The highest BCUT2D eigenvalue weighted by Gasteiger charge is 2.28. The molecule has 2 aliphatic heterocycles. The summed E-state index contributed by atoms with van der Waals surface area (Å²) in [4.78, 5) is 28.8. The van der Waals surface area contributed by atoms with Gasteiger partial charge in [0.15, 0.2) is 40.2 Å². The molecule has 5 rings (SSSR count). The average molecular weight is 445 g/mol. The van der Waals surface area contributed by atoms with Crippen LogP contribution >= 0.6 is 0 Å². The maximum atomic E-state index is 12.1. The van der Waals surface area contributed by atoms with E-state index in [0.29, 0.717) is 62.5 Å². The van der Waals surface area contributed by atoms with Gasteiger partial charge in [0, 0.05) is 17.2 Å². The number of rotatable bonds is 4. The zero-order chi connectivity index (χ0) is 23.4. The quantitative estimate of drug-likeness (QED) is 0.302. The van der Waals surface area contributed by atoms with Crippen molar-refractivity contribution in [1.82, 2.24) is 4.98 Å². The number of carbonyl (C=O) groups excluding carboxylic acids is 2. The van der Waals surface area contributed by atoms with Crippen LogP contribution in [0.2, 0.25) is 0 Å². The van der Waals surface area contributed by atoms with Crippen molar-refractivity contribution in [1.29, 1.82) is 5.41 Å². The lowest BCUT2D eigenvalue weighted by Gasteiger charge is -2.25. The molecular weight excluding hydrogens is 426 g/mol.